The number of hydrogen-bond acceptors (Lipinski definition) is 1. The lowest BCUT2D eigenvalue weighted by atomic mass is 9.98. The fraction of sp³-hybridized carbons (Fsp3) is 0. The quantitative estimate of drug-likeness (QED) is 0.194. The van der Waals surface area contributed by atoms with E-state index >= 15 is 0 Å². The maximum atomic E-state index is 4.86. The van der Waals surface area contributed by atoms with Crippen LogP contribution in [0, 0.1) is 0 Å². The largest absolute Gasteiger partial charge is 0.309 e. The lowest BCUT2D eigenvalue weighted by molar-refractivity contribution is 1.18. The predicted octanol–water partition coefficient (Wildman–Crippen LogP) is 11.8. The van der Waals surface area contributed by atoms with Gasteiger partial charge in [0.05, 0.1) is 27.6 Å². The van der Waals surface area contributed by atoms with Gasteiger partial charge in [0.2, 0.25) is 0 Å². The Kier molecular flexibility index (Phi) is 5.87. The van der Waals surface area contributed by atoms with Crippen molar-refractivity contribution in [2.24, 2.45) is 0 Å². The smallest absolute Gasteiger partial charge is 0.0723 e. The molecule has 7 aromatic carbocycles. The number of para-hydroxylation sites is 4. The summed E-state index contributed by atoms with van der Waals surface area (Å²) in [5.74, 6) is 0. The Morgan fingerprint density at radius 3 is 1.48 bits per heavy atom. The molecule has 10 aromatic rings. The molecule has 0 N–H and O–H groups in total. The fourth-order valence-corrected chi connectivity index (χ4v) is 7.52. The summed E-state index contributed by atoms with van der Waals surface area (Å²) in [6, 6.07) is 61.0. The minimum atomic E-state index is 1.00. The van der Waals surface area contributed by atoms with Crippen LogP contribution in [0.25, 0.3) is 88.1 Å². The van der Waals surface area contributed by atoms with Crippen molar-refractivity contribution in [3.63, 3.8) is 0 Å². The first-order chi connectivity index (χ1) is 23.8. The number of pyridine rings is 1. The van der Waals surface area contributed by atoms with Crippen molar-refractivity contribution < 1.29 is 0 Å². The zero-order chi connectivity index (χ0) is 31.6. The molecule has 10 rings (SSSR count). The third kappa shape index (κ3) is 4.04. The Labute approximate surface area is 277 Å². The minimum absolute atomic E-state index is 1.00. The van der Waals surface area contributed by atoms with Crippen molar-refractivity contribution in [1.29, 1.82) is 0 Å². The van der Waals surface area contributed by atoms with Crippen molar-refractivity contribution in [3.05, 3.63) is 176 Å². The van der Waals surface area contributed by atoms with Crippen molar-refractivity contribution in [1.82, 2.24) is 14.1 Å². The Morgan fingerprint density at radius 1 is 0.333 bits per heavy atom. The number of benzene rings is 7. The molecule has 3 heterocycles. The van der Waals surface area contributed by atoms with Crippen LogP contribution in [0.2, 0.25) is 0 Å². The summed E-state index contributed by atoms with van der Waals surface area (Å²) in [5, 5.41) is 6.05. The van der Waals surface area contributed by atoms with E-state index in [0.29, 0.717) is 0 Å². The van der Waals surface area contributed by atoms with Crippen LogP contribution in [-0.2, 0) is 0 Å². The molecule has 0 unspecified atom stereocenters. The van der Waals surface area contributed by atoms with Gasteiger partial charge in [0.1, 0.15) is 0 Å². The molecule has 48 heavy (non-hydrogen) atoms. The lowest BCUT2D eigenvalue weighted by Crippen LogP contribution is -1.94. The van der Waals surface area contributed by atoms with Crippen molar-refractivity contribution >= 4 is 54.5 Å². The number of hydrogen-bond donors (Lipinski definition) is 0. The molecule has 0 fully saturated rings. The zero-order valence-corrected chi connectivity index (χ0v) is 26.1. The third-order valence-electron chi connectivity index (χ3n) is 9.75. The second-order valence-electron chi connectivity index (χ2n) is 12.4. The second-order valence-corrected chi connectivity index (χ2v) is 12.4. The van der Waals surface area contributed by atoms with Crippen molar-refractivity contribution in [2.75, 3.05) is 0 Å². The molecular formula is C45H29N3. The Hall–Kier alpha value is -6.45. The van der Waals surface area contributed by atoms with Crippen molar-refractivity contribution in [2.45, 2.75) is 0 Å². The van der Waals surface area contributed by atoms with Crippen LogP contribution in [-0.4, -0.2) is 14.1 Å². The molecule has 224 valence electrons. The molecule has 0 amide bonds. The summed E-state index contributed by atoms with van der Waals surface area (Å²) in [6.45, 7) is 0. The van der Waals surface area contributed by atoms with Gasteiger partial charge in [-0.2, -0.15) is 0 Å². The molecule has 3 aromatic heterocycles. The maximum absolute atomic E-state index is 4.86. The molecule has 0 aliphatic carbocycles. The van der Waals surface area contributed by atoms with Gasteiger partial charge in [0.15, 0.2) is 0 Å². The summed E-state index contributed by atoms with van der Waals surface area (Å²) >= 11 is 0. The number of nitrogens with zero attached hydrogens (tertiary/aromatic N) is 3. The average molecular weight is 612 g/mol. The van der Waals surface area contributed by atoms with Gasteiger partial charge in [0.25, 0.3) is 0 Å². The van der Waals surface area contributed by atoms with Gasteiger partial charge in [-0.25, -0.2) is 0 Å². The third-order valence-corrected chi connectivity index (χ3v) is 9.75. The van der Waals surface area contributed by atoms with E-state index in [1.165, 1.54) is 66.2 Å². The topological polar surface area (TPSA) is 22.8 Å². The Balaban J connectivity index is 1.08. The number of aromatic nitrogens is 3. The van der Waals surface area contributed by atoms with Gasteiger partial charge in [-0.05, 0) is 82.9 Å². The SMILES string of the molecule is c1ccc(-n2c3ccccc3c3cc(-c4ccc(-c5ccc6c(c5)c5cnc7ccccc7c5n6-c5ccccc5)cc4)ccc32)cc1. The van der Waals surface area contributed by atoms with Crippen LogP contribution in [0.5, 0.6) is 0 Å². The highest BCUT2D eigenvalue weighted by Crippen LogP contribution is 2.39. The molecule has 0 aliphatic rings. The van der Waals surface area contributed by atoms with Crippen LogP contribution in [0.15, 0.2) is 176 Å². The summed E-state index contributed by atoms with van der Waals surface area (Å²) in [6.07, 6.45) is 2.04. The van der Waals surface area contributed by atoms with Gasteiger partial charge in [-0.15, -0.1) is 0 Å². The molecule has 0 bridgehead atoms. The van der Waals surface area contributed by atoms with E-state index < -0.39 is 0 Å². The number of rotatable bonds is 4. The van der Waals surface area contributed by atoms with Gasteiger partial charge in [-0.1, -0.05) is 109 Å². The summed E-state index contributed by atoms with van der Waals surface area (Å²) in [5.41, 5.74) is 12.9. The predicted molar refractivity (Wildman–Crippen MR) is 201 cm³/mol. The molecule has 0 saturated heterocycles. The first-order valence-corrected chi connectivity index (χ1v) is 16.4. The first kappa shape index (κ1) is 26.7. The van der Waals surface area contributed by atoms with E-state index in [1.807, 2.05) is 6.20 Å². The molecule has 0 spiro atoms. The molecule has 0 aliphatic heterocycles. The summed E-state index contributed by atoms with van der Waals surface area (Å²) in [7, 11) is 0. The van der Waals surface area contributed by atoms with Crippen LogP contribution >= 0.6 is 0 Å². The molecular weight excluding hydrogens is 583 g/mol. The van der Waals surface area contributed by atoms with Crippen LogP contribution in [0.4, 0.5) is 0 Å². The van der Waals surface area contributed by atoms with E-state index in [2.05, 4.69) is 179 Å². The number of fused-ring (bicyclic) bond motifs is 8. The normalized spacial score (nSPS) is 11.8. The highest BCUT2D eigenvalue weighted by molar-refractivity contribution is 6.18. The highest BCUT2D eigenvalue weighted by atomic mass is 15.0. The van der Waals surface area contributed by atoms with Gasteiger partial charge in [-0.3, -0.25) is 4.98 Å². The van der Waals surface area contributed by atoms with E-state index in [-0.39, 0.29) is 0 Å². The standard InChI is InChI=1S/C45H29N3/c1-3-11-34(12-4-1)47-42-18-10-8-15-36(42)38-27-32(23-25-43(38)47)30-19-21-31(22-20-30)33-24-26-44-39(28-33)40-29-46-41-17-9-7-16-37(41)45(40)48(44)35-13-5-2-6-14-35/h1-29H. The van der Waals surface area contributed by atoms with E-state index in [9.17, 15) is 0 Å². The molecule has 3 nitrogen and oxygen atoms in total. The van der Waals surface area contributed by atoms with Gasteiger partial charge >= 0.3 is 0 Å². The second kappa shape index (κ2) is 10.5. The minimum Gasteiger partial charge on any atom is -0.309 e. The van der Waals surface area contributed by atoms with Crippen molar-refractivity contribution in [3.8, 4) is 33.6 Å². The Morgan fingerprint density at radius 2 is 0.812 bits per heavy atom. The van der Waals surface area contributed by atoms with Gasteiger partial charge < -0.3 is 9.13 Å². The van der Waals surface area contributed by atoms with Crippen LogP contribution in [0.1, 0.15) is 0 Å². The molecule has 0 atom stereocenters. The monoisotopic (exact) mass is 611 g/mol. The fourth-order valence-electron chi connectivity index (χ4n) is 7.52. The van der Waals surface area contributed by atoms with E-state index in [4.69, 9.17) is 4.98 Å². The van der Waals surface area contributed by atoms with Gasteiger partial charge in [0, 0.05) is 44.5 Å². The Bertz CT molecular complexity index is 2810. The van der Waals surface area contributed by atoms with E-state index in [1.54, 1.807) is 0 Å². The van der Waals surface area contributed by atoms with E-state index in [0.717, 1.165) is 22.0 Å². The average Bonchev–Trinajstić information content (AvgIpc) is 3.68. The lowest BCUT2D eigenvalue weighted by Gasteiger charge is -2.10. The zero-order valence-electron chi connectivity index (χ0n) is 26.1. The molecule has 3 heteroatoms. The summed E-state index contributed by atoms with van der Waals surface area (Å²) in [4.78, 5) is 4.86. The van der Waals surface area contributed by atoms with Crippen LogP contribution < -0.4 is 0 Å². The molecule has 0 saturated carbocycles. The molecule has 0 radical (unpaired) electrons. The maximum Gasteiger partial charge on any atom is 0.0723 e. The van der Waals surface area contributed by atoms with Crippen LogP contribution in [0.3, 0.4) is 0 Å². The summed E-state index contributed by atoms with van der Waals surface area (Å²) < 4.78 is 4.74. The first-order valence-electron chi connectivity index (χ1n) is 16.4. The highest BCUT2D eigenvalue weighted by Gasteiger charge is 2.17.